The van der Waals surface area contributed by atoms with Crippen LogP contribution in [0.5, 0.6) is 11.5 Å². The van der Waals surface area contributed by atoms with E-state index >= 15 is 0 Å². The molecule has 0 bridgehead atoms. The maximum absolute atomic E-state index is 12.7. The monoisotopic (exact) mass is 311 g/mol. The third kappa shape index (κ3) is 3.92. The van der Waals surface area contributed by atoms with Crippen molar-refractivity contribution in [2.45, 2.75) is 18.8 Å². The zero-order chi connectivity index (χ0) is 16.2. The fraction of sp³-hybridized carbons (Fsp3) is 0.250. The van der Waals surface area contributed by atoms with Gasteiger partial charge in [0, 0.05) is 0 Å². The maximum atomic E-state index is 12.7. The van der Waals surface area contributed by atoms with Gasteiger partial charge in [0.25, 0.3) is 0 Å². The summed E-state index contributed by atoms with van der Waals surface area (Å²) in [4.78, 5) is 0. The average Bonchev–Trinajstić information content (AvgIpc) is 2.52. The Morgan fingerprint density at radius 1 is 1.05 bits per heavy atom. The lowest BCUT2D eigenvalue weighted by Crippen LogP contribution is -2.28. The Labute approximate surface area is 126 Å². The molecule has 0 amide bonds. The Balaban J connectivity index is 2.21. The van der Waals surface area contributed by atoms with E-state index in [4.69, 9.17) is 15.2 Å². The van der Waals surface area contributed by atoms with E-state index in [1.54, 1.807) is 0 Å². The van der Waals surface area contributed by atoms with Gasteiger partial charge in [-0.1, -0.05) is 36.4 Å². The smallest absolute Gasteiger partial charge is 0.407 e. The van der Waals surface area contributed by atoms with Crippen molar-refractivity contribution >= 4 is 0 Å². The molecule has 2 N–H and O–H groups in total. The molecule has 2 aromatic carbocycles. The van der Waals surface area contributed by atoms with Gasteiger partial charge in [0.1, 0.15) is 12.6 Å². The molecule has 1 atom stereocenters. The predicted molar refractivity (Wildman–Crippen MR) is 76.8 cm³/mol. The number of benzene rings is 2. The Morgan fingerprint density at radius 3 is 2.32 bits per heavy atom. The molecule has 2 aromatic rings. The molecule has 0 saturated carbocycles. The van der Waals surface area contributed by atoms with Crippen molar-refractivity contribution in [3.63, 3.8) is 0 Å². The van der Waals surface area contributed by atoms with Crippen molar-refractivity contribution in [3.8, 4) is 11.5 Å². The summed E-state index contributed by atoms with van der Waals surface area (Å²) in [5.41, 5.74) is 6.04. The zero-order valence-electron chi connectivity index (χ0n) is 11.9. The highest BCUT2D eigenvalue weighted by Crippen LogP contribution is 2.36. The Hall–Kier alpha value is -2.21. The van der Waals surface area contributed by atoms with Crippen LogP contribution in [0.3, 0.4) is 0 Å². The van der Waals surface area contributed by atoms with Gasteiger partial charge < -0.3 is 15.2 Å². The molecular weight excluding hydrogens is 295 g/mol. The van der Waals surface area contributed by atoms with E-state index in [0.717, 1.165) is 5.56 Å². The molecule has 0 radical (unpaired) electrons. The molecule has 0 aromatic heterocycles. The molecule has 0 saturated heterocycles. The molecule has 2 rings (SSSR count). The number of ether oxygens (including phenoxy) is 2. The summed E-state index contributed by atoms with van der Waals surface area (Å²) in [6, 6.07) is 11.2. The summed E-state index contributed by atoms with van der Waals surface area (Å²) < 4.78 is 48.8. The van der Waals surface area contributed by atoms with E-state index in [9.17, 15) is 13.2 Å². The van der Waals surface area contributed by atoms with Gasteiger partial charge in [0.2, 0.25) is 0 Å². The largest absolute Gasteiger partial charge is 0.493 e. The van der Waals surface area contributed by atoms with Crippen molar-refractivity contribution in [2.24, 2.45) is 5.73 Å². The van der Waals surface area contributed by atoms with Gasteiger partial charge in [-0.2, -0.15) is 13.2 Å². The summed E-state index contributed by atoms with van der Waals surface area (Å²) >= 11 is 0. The van der Waals surface area contributed by atoms with Gasteiger partial charge in [0.05, 0.1) is 7.11 Å². The number of hydrogen-bond acceptors (Lipinski definition) is 3. The van der Waals surface area contributed by atoms with Gasteiger partial charge >= 0.3 is 6.18 Å². The fourth-order valence-corrected chi connectivity index (χ4v) is 1.92. The minimum absolute atomic E-state index is 0.0728. The number of methoxy groups -OCH3 is 1. The standard InChI is InChI=1S/C16H16F3NO2/c1-21-13-8-7-12(15(20)16(17,18)19)9-14(13)22-10-11-5-3-2-4-6-11/h2-9,15H,10,20H2,1H3/t15-/m0/s1. The molecule has 6 heteroatoms. The highest BCUT2D eigenvalue weighted by Gasteiger charge is 2.38. The third-order valence-electron chi connectivity index (χ3n) is 3.14. The van der Waals surface area contributed by atoms with Crippen LogP contribution < -0.4 is 15.2 Å². The van der Waals surface area contributed by atoms with Crippen LogP contribution in [0.25, 0.3) is 0 Å². The van der Waals surface area contributed by atoms with Crippen LogP contribution >= 0.6 is 0 Å². The Bertz CT molecular complexity index is 615. The Morgan fingerprint density at radius 2 is 1.73 bits per heavy atom. The molecule has 0 aliphatic carbocycles. The van der Waals surface area contributed by atoms with Crippen molar-refractivity contribution < 1.29 is 22.6 Å². The first-order valence-corrected chi connectivity index (χ1v) is 6.59. The molecule has 3 nitrogen and oxygen atoms in total. The lowest BCUT2D eigenvalue weighted by molar-refractivity contribution is -0.149. The van der Waals surface area contributed by atoms with Gasteiger partial charge in [-0.25, -0.2) is 0 Å². The lowest BCUT2D eigenvalue weighted by Gasteiger charge is -2.18. The molecule has 0 fully saturated rings. The number of alkyl halides is 3. The highest BCUT2D eigenvalue weighted by molar-refractivity contribution is 5.44. The van der Waals surface area contributed by atoms with Crippen LogP contribution in [0, 0.1) is 0 Å². The van der Waals surface area contributed by atoms with E-state index < -0.39 is 12.2 Å². The second-order valence-corrected chi connectivity index (χ2v) is 4.70. The van der Waals surface area contributed by atoms with Crippen LogP contribution in [0.2, 0.25) is 0 Å². The van der Waals surface area contributed by atoms with Crippen molar-refractivity contribution in [1.29, 1.82) is 0 Å². The number of halogens is 3. The van der Waals surface area contributed by atoms with E-state index in [1.807, 2.05) is 30.3 Å². The predicted octanol–water partition coefficient (Wildman–Crippen LogP) is 3.84. The minimum Gasteiger partial charge on any atom is -0.493 e. The normalized spacial score (nSPS) is 12.8. The molecule has 0 heterocycles. The van der Waals surface area contributed by atoms with E-state index in [1.165, 1.54) is 25.3 Å². The summed E-state index contributed by atoms with van der Waals surface area (Å²) in [6.07, 6.45) is -4.51. The molecule has 0 unspecified atom stereocenters. The van der Waals surface area contributed by atoms with Crippen molar-refractivity contribution in [1.82, 2.24) is 0 Å². The average molecular weight is 311 g/mol. The highest BCUT2D eigenvalue weighted by atomic mass is 19.4. The minimum atomic E-state index is -4.51. The SMILES string of the molecule is COc1ccc([C@H](N)C(F)(F)F)cc1OCc1ccccc1. The maximum Gasteiger partial charge on any atom is 0.407 e. The summed E-state index contributed by atoms with van der Waals surface area (Å²) in [7, 11) is 1.42. The Kier molecular flexibility index (Phi) is 4.92. The first-order chi connectivity index (χ1) is 10.4. The molecule has 0 aliphatic heterocycles. The quantitative estimate of drug-likeness (QED) is 0.912. The molecule has 0 spiro atoms. The number of nitrogens with two attached hydrogens (primary N) is 1. The molecule has 22 heavy (non-hydrogen) atoms. The third-order valence-corrected chi connectivity index (χ3v) is 3.14. The first kappa shape index (κ1) is 16.2. The van der Waals surface area contributed by atoms with E-state index in [0.29, 0.717) is 5.75 Å². The fourth-order valence-electron chi connectivity index (χ4n) is 1.92. The number of rotatable bonds is 5. The lowest BCUT2D eigenvalue weighted by atomic mass is 10.1. The van der Waals surface area contributed by atoms with Crippen molar-refractivity contribution in [3.05, 3.63) is 59.7 Å². The second kappa shape index (κ2) is 6.70. The first-order valence-electron chi connectivity index (χ1n) is 6.59. The number of hydrogen-bond donors (Lipinski definition) is 1. The van der Waals surface area contributed by atoms with E-state index in [2.05, 4.69) is 0 Å². The van der Waals surface area contributed by atoms with Crippen LogP contribution in [0.15, 0.2) is 48.5 Å². The van der Waals surface area contributed by atoms with Gasteiger partial charge in [0.15, 0.2) is 11.5 Å². The molecule has 0 aliphatic rings. The van der Waals surface area contributed by atoms with Gasteiger partial charge in [-0.15, -0.1) is 0 Å². The van der Waals surface area contributed by atoms with Crippen LogP contribution in [0.4, 0.5) is 13.2 Å². The molecular formula is C16H16F3NO2. The summed E-state index contributed by atoms with van der Waals surface area (Å²) in [5, 5.41) is 0. The van der Waals surface area contributed by atoms with E-state index in [-0.39, 0.29) is 17.9 Å². The molecule has 118 valence electrons. The van der Waals surface area contributed by atoms with Gasteiger partial charge in [-0.3, -0.25) is 0 Å². The van der Waals surface area contributed by atoms with Crippen LogP contribution in [-0.4, -0.2) is 13.3 Å². The van der Waals surface area contributed by atoms with Crippen LogP contribution in [-0.2, 0) is 6.61 Å². The summed E-state index contributed by atoms with van der Waals surface area (Å²) in [6.45, 7) is 0.224. The second-order valence-electron chi connectivity index (χ2n) is 4.70. The van der Waals surface area contributed by atoms with Crippen molar-refractivity contribution in [2.75, 3.05) is 7.11 Å². The van der Waals surface area contributed by atoms with Gasteiger partial charge in [-0.05, 0) is 23.3 Å². The summed E-state index contributed by atoms with van der Waals surface area (Å²) in [5.74, 6) is 0.581. The zero-order valence-corrected chi connectivity index (χ0v) is 11.9. The topological polar surface area (TPSA) is 44.5 Å². The van der Waals surface area contributed by atoms with Crippen LogP contribution in [0.1, 0.15) is 17.2 Å².